The molecule has 0 aliphatic rings. The Hall–Kier alpha value is -1.80. The molecule has 0 saturated heterocycles. The third-order valence-electron chi connectivity index (χ3n) is 1.80. The Morgan fingerprint density at radius 3 is 2.76 bits per heavy atom. The number of carbonyl (C=O) groups excluding carboxylic acids is 2. The Labute approximate surface area is 102 Å². The van der Waals surface area contributed by atoms with Crippen molar-refractivity contribution in [2.75, 3.05) is 32.8 Å². The lowest BCUT2D eigenvalue weighted by Gasteiger charge is -2.18. The number of nitrogens with zero attached hydrogens (tertiary/aromatic N) is 1. The Bertz CT molecular complexity index is 307. The molecule has 0 fully saturated rings. The Morgan fingerprint density at radius 1 is 1.53 bits per heavy atom. The van der Waals surface area contributed by atoms with Crippen molar-refractivity contribution in [1.29, 1.82) is 0 Å². The van der Waals surface area contributed by atoms with Crippen molar-refractivity contribution in [3.05, 3.63) is 12.7 Å². The molecule has 0 atom stereocenters. The van der Waals surface area contributed by atoms with Gasteiger partial charge in [0.2, 0.25) is 5.91 Å². The van der Waals surface area contributed by atoms with E-state index in [4.69, 9.17) is 11.2 Å². The minimum absolute atomic E-state index is 0.0589. The lowest BCUT2D eigenvalue weighted by molar-refractivity contribution is -0.144. The highest BCUT2D eigenvalue weighted by molar-refractivity contribution is 5.79. The molecular weight excluding hydrogens is 220 g/mol. The van der Waals surface area contributed by atoms with Crippen molar-refractivity contribution < 1.29 is 14.3 Å². The second-order valence-corrected chi connectivity index (χ2v) is 3.24. The quantitative estimate of drug-likeness (QED) is 0.361. The van der Waals surface area contributed by atoms with Gasteiger partial charge in [0.25, 0.3) is 0 Å². The molecule has 1 amide bonds. The highest BCUT2D eigenvalue weighted by atomic mass is 16.5. The second kappa shape index (κ2) is 9.43. The van der Waals surface area contributed by atoms with Crippen LogP contribution in [0, 0.1) is 12.3 Å². The molecule has 0 heterocycles. The minimum Gasteiger partial charge on any atom is -0.465 e. The van der Waals surface area contributed by atoms with E-state index >= 15 is 0 Å². The summed E-state index contributed by atoms with van der Waals surface area (Å²) in [4.78, 5) is 24.3. The van der Waals surface area contributed by atoms with Crippen molar-refractivity contribution >= 4 is 11.9 Å². The van der Waals surface area contributed by atoms with Crippen LogP contribution in [0.1, 0.15) is 6.92 Å². The van der Waals surface area contributed by atoms with Gasteiger partial charge in [0, 0.05) is 6.54 Å². The summed E-state index contributed by atoms with van der Waals surface area (Å²) in [6.45, 7) is 6.38. The lowest BCUT2D eigenvalue weighted by atomic mass is 10.4. The molecular formula is C12H18N2O3. The van der Waals surface area contributed by atoms with Gasteiger partial charge in [0.1, 0.15) is 0 Å². The van der Waals surface area contributed by atoms with Crippen molar-refractivity contribution in [2.24, 2.45) is 0 Å². The molecule has 0 aromatic rings. The van der Waals surface area contributed by atoms with Gasteiger partial charge in [-0.25, -0.2) is 0 Å². The molecule has 0 bridgehead atoms. The fraction of sp³-hybridized carbons (Fsp3) is 0.500. The van der Waals surface area contributed by atoms with Crippen LogP contribution in [0.2, 0.25) is 0 Å². The van der Waals surface area contributed by atoms with E-state index in [1.54, 1.807) is 17.9 Å². The van der Waals surface area contributed by atoms with Crippen molar-refractivity contribution in [3.8, 4) is 12.3 Å². The Kier molecular flexibility index (Phi) is 8.43. The molecule has 0 aromatic carbocycles. The number of terminal acetylenes is 1. The van der Waals surface area contributed by atoms with E-state index in [1.807, 2.05) is 0 Å². The fourth-order valence-electron chi connectivity index (χ4n) is 1.17. The number of esters is 1. The van der Waals surface area contributed by atoms with Gasteiger partial charge in [-0.05, 0) is 6.92 Å². The summed E-state index contributed by atoms with van der Waals surface area (Å²) in [6, 6.07) is 0. The summed E-state index contributed by atoms with van der Waals surface area (Å²) in [5, 5.41) is 2.52. The van der Waals surface area contributed by atoms with E-state index in [-0.39, 0.29) is 31.5 Å². The van der Waals surface area contributed by atoms with Gasteiger partial charge >= 0.3 is 5.97 Å². The van der Waals surface area contributed by atoms with Crippen LogP contribution < -0.4 is 5.32 Å². The second-order valence-electron chi connectivity index (χ2n) is 3.24. The smallest absolute Gasteiger partial charge is 0.320 e. The molecule has 0 spiro atoms. The number of hydrogen-bond acceptors (Lipinski definition) is 4. The summed E-state index contributed by atoms with van der Waals surface area (Å²) in [7, 11) is 0. The molecule has 17 heavy (non-hydrogen) atoms. The first-order chi connectivity index (χ1) is 8.13. The highest BCUT2D eigenvalue weighted by Crippen LogP contribution is 1.91. The van der Waals surface area contributed by atoms with E-state index in [0.29, 0.717) is 13.2 Å². The average Bonchev–Trinajstić information content (AvgIpc) is 2.27. The highest BCUT2D eigenvalue weighted by Gasteiger charge is 2.13. The molecule has 0 aliphatic heterocycles. The summed E-state index contributed by atoms with van der Waals surface area (Å²) < 4.78 is 4.80. The predicted molar refractivity (Wildman–Crippen MR) is 65.1 cm³/mol. The molecule has 0 unspecified atom stereocenters. The maximum atomic E-state index is 11.4. The first-order valence-corrected chi connectivity index (χ1v) is 5.33. The Morgan fingerprint density at radius 2 is 2.24 bits per heavy atom. The van der Waals surface area contributed by atoms with Crippen LogP contribution in [0.4, 0.5) is 0 Å². The standard InChI is InChI=1S/C12H18N2O3/c1-4-7-13-11(15)9-14(8-5-2)10-12(16)17-6-3/h1,5H,2,6-10H2,3H3,(H,13,15). The molecule has 0 radical (unpaired) electrons. The Balaban J connectivity index is 4.14. The third-order valence-corrected chi connectivity index (χ3v) is 1.80. The molecule has 94 valence electrons. The zero-order chi connectivity index (χ0) is 13.1. The van der Waals surface area contributed by atoms with Gasteiger partial charge in [0.05, 0.1) is 26.2 Å². The van der Waals surface area contributed by atoms with Crippen LogP contribution in [-0.4, -0.2) is 49.6 Å². The van der Waals surface area contributed by atoms with Gasteiger partial charge in [-0.1, -0.05) is 12.0 Å². The van der Waals surface area contributed by atoms with Crippen molar-refractivity contribution in [2.45, 2.75) is 6.92 Å². The van der Waals surface area contributed by atoms with Gasteiger partial charge in [-0.15, -0.1) is 13.0 Å². The monoisotopic (exact) mass is 238 g/mol. The van der Waals surface area contributed by atoms with Gasteiger partial charge < -0.3 is 10.1 Å². The zero-order valence-corrected chi connectivity index (χ0v) is 10.1. The number of carbonyl (C=O) groups is 2. The summed E-state index contributed by atoms with van der Waals surface area (Å²) in [6.07, 6.45) is 6.64. The van der Waals surface area contributed by atoms with E-state index in [2.05, 4.69) is 17.8 Å². The summed E-state index contributed by atoms with van der Waals surface area (Å²) in [5.41, 5.74) is 0. The molecule has 1 N–H and O–H groups in total. The van der Waals surface area contributed by atoms with Crippen molar-refractivity contribution in [1.82, 2.24) is 10.2 Å². The van der Waals surface area contributed by atoms with Crippen LogP contribution >= 0.6 is 0 Å². The van der Waals surface area contributed by atoms with Gasteiger partial charge in [-0.3, -0.25) is 14.5 Å². The minimum atomic E-state index is -0.362. The van der Waals surface area contributed by atoms with Crippen LogP contribution in [-0.2, 0) is 14.3 Å². The fourth-order valence-corrected chi connectivity index (χ4v) is 1.17. The molecule has 5 heteroatoms. The zero-order valence-electron chi connectivity index (χ0n) is 10.1. The van der Waals surface area contributed by atoms with Crippen LogP contribution in [0.15, 0.2) is 12.7 Å². The number of nitrogens with one attached hydrogen (secondary N) is 1. The molecule has 0 aromatic heterocycles. The van der Waals surface area contributed by atoms with E-state index < -0.39 is 0 Å². The third kappa shape index (κ3) is 8.05. The number of ether oxygens (including phenoxy) is 1. The molecule has 5 nitrogen and oxygen atoms in total. The maximum Gasteiger partial charge on any atom is 0.320 e. The summed E-state index contributed by atoms with van der Waals surface area (Å²) in [5.74, 6) is 1.71. The maximum absolute atomic E-state index is 11.4. The first-order valence-electron chi connectivity index (χ1n) is 5.33. The average molecular weight is 238 g/mol. The predicted octanol–water partition coefficient (Wildman–Crippen LogP) is -0.213. The van der Waals surface area contributed by atoms with E-state index in [0.717, 1.165) is 0 Å². The molecule has 0 rings (SSSR count). The van der Waals surface area contributed by atoms with E-state index in [9.17, 15) is 9.59 Å². The molecule has 0 aliphatic carbocycles. The lowest BCUT2D eigenvalue weighted by Crippen LogP contribution is -2.40. The molecule has 0 saturated carbocycles. The number of amides is 1. The SMILES string of the molecule is C#CCNC(=O)CN(CC=C)CC(=O)OCC. The van der Waals surface area contributed by atoms with Gasteiger partial charge in [-0.2, -0.15) is 0 Å². The number of rotatable bonds is 8. The first kappa shape index (κ1) is 15.2. The van der Waals surface area contributed by atoms with Crippen molar-refractivity contribution in [3.63, 3.8) is 0 Å². The normalized spacial score (nSPS) is 9.47. The number of hydrogen-bond donors (Lipinski definition) is 1. The summed E-state index contributed by atoms with van der Waals surface area (Å²) >= 11 is 0. The van der Waals surface area contributed by atoms with Crippen LogP contribution in [0.25, 0.3) is 0 Å². The largest absolute Gasteiger partial charge is 0.465 e. The van der Waals surface area contributed by atoms with E-state index in [1.165, 1.54) is 0 Å². The van der Waals surface area contributed by atoms with Crippen LogP contribution in [0.5, 0.6) is 0 Å². The van der Waals surface area contributed by atoms with Gasteiger partial charge in [0.15, 0.2) is 0 Å². The topological polar surface area (TPSA) is 58.6 Å². The van der Waals surface area contributed by atoms with Crippen LogP contribution in [0.3, 0.4) is 0 Å².